The molecule has 0 heterocycles. The lowest BCUT2D eigenvalue weighted by Gasteiger charge is -2.31. The second-order valence-corrected chi connectivity index (χ2v) is 10.2. The Balaban J connectivity index is 1.46. The molecule has 2 aromatic carbocycles. The summed E-state index contributed by atoms with van der Waals surface area (Å²) in [6, 6.07) is 14.7. The number of β-amino-alcohol motifs (C(OH)–C–C–N with tert-alkyl or cyclic N) is 1. The van der Waals surface area contributed by atoms with Crippen molar-refractivity contribution in [1.82, 2.24) is 5.32 Å². The van der Waals surface area contributed by atoms with Crippen LogP contribution in [-0.4, -0.2) is 41.0 Å². The Labute approximate surface area is 198 Å². The smallest absolute Gasteiger partial charge is 0.303 e. The largest absolute Gasteiger partial charge is 0.481 e. The van der Waals surface area contributed by atoms with Gasteiger partial charge in [-0.15, -0.1) is 0 Å². The quantitative estimate of drug-likeness (QED) is 0.437. The lowest BCUT2D eigenvalue weighted by Crippen LogP contribution is -2.45. The lowest BCUT2D eigenvalue weighted by molar-refractivity contribution is -0.136. The zero-order valence-corrected chi connectivity index (χ0v) is 20.4. The Hall–Kier alpha value is -2.21. The van der Waals surface area contributed by atoms with Crippen molar-refractivity contribution in [2.24, 2.45) is 5.92 Å². The van der Waals surface area contributed by atoms with Crippen LogP contribution in [0.4, 0.5) is 0 Å². The summed E-state index contributed by atoms with van der Waals surface area (Å²) in [6.45, 7) is 9.08. The minimum Gasteiger partial charge on any atom is -0.481 e. The summed E-state index contributed by atoms with van der Waals surface area (Å²) in [5, 5.41) is 23.1. The summed E-state index contributed by atoms with van der Waals surface area (Å²) >= 11 is 0. The number of carboxylic acids is 1. The third-order valence-electron chi connectivity index (χ3n) is 6.64. The van der Waals surface area contributed by atoms with Crippen molar-refractivity contribution in [1.29, 1.82) is 0 Å². The number of fused-ring (bicyclic) bond motifs is 1. The first-order chi connectivity index (χ1) is 15.6. The number of aryl methyl sites for hydroxylation is 2. The molecular formula is C28H39NO4. The number of rotatable bonds is 12. The van der Waals surface area contributed by atoms with Gasteiger partial charge in [0.2, 0.25) is 0 Å². The van der Waals surface area contributed by atoms with Gasteiger partial charge < -0.3 is 20.3 Å². The van der Waals surface area contributed by atoms with Gasteiger partial charge in [0.05, 0.1) is 18.8 Å². The van der Waals surface area contributed by atoms with Gasteiger partial charge in [0.1, 0.15) is 0 Å². The predicted octanol–water partition coefficient (Wildman–Crippen LogP) is 4.62. The average molecular weight is 454 g/mol. The van der Waals surface area contributed by atoms with E-state index < -0.39 is 12.1 Å². The van der Waals surface area contributed by atoms with Crippen molar-refractivity contribution in [3.8, 4) is 0 Å². The Morgan fingerprint density at radius 1 is 1.18 bits per heavy atom. The van der Waals surface area contributed by atoms with Crippen molar-refractivity contribution in [2.45, 2.75) is 77.5 Å². The van der Waals surface area contributed by atoms with E-state index in [1.165, 1.54) is 11.1 Å². The number of hydrogen-bond donors (Lipinski definition) is 3. The van der Waals surface area contributed by atoms with E-state index in [-0.39, 0.29) is 24.7 Å². The van der Waals surface area contributed by atoms with E-state index in [9.17, 15) is 9.90 Å². The van der Waals surface area contributed by atoms with E-state index in [1.54, 1.807) is 0 Å². The number of carboxylic acid groups (broad SMARTS) is 1. The lowest BCUT2D eigenvalue weighted by atomic mass is 9.88. The van der Waals surface area contributed by atoms with Crippen LogP contribution in [0.3, 0.4) is 0 Å². The molecule has 0 spiro atoms. The average Bonchev–Trinajstić information content (AvgIpc) is 3.16. The van der Waals surface area contributed by atoms with Gasteiger partial charge in [0.15, 0.2) is 0 Å². The number of aliphatic carboxylic acids is 1. The molecule has 2 aromatic rings. The number of aliphatic hydroxyl groups is 1. The van der Waals surface area contributed by atoms with E-state index in [1.807, 2.05) is 26.0 Å². The van der Waals surface area contributed by atoms with Gasteiger partial charge in [0.25, 0.3) is 0 Å². The molecule has 0 saturated heterocycles. The zero-order chi connectivity index (χ0) is 24.0. The van der Waals surface area contributed by atoms with Crippen LogP contribution < -0.4 is 5.32 Å². The summed E-state index contributed by atoms with van der Waals surface area (Å²) in [5.74, 6) is -0.176. The van der Waals surface area contributed by atoms with E-state index >= 15 is 0 Å². The maximum absolute atomic E-state index is 11.0. The van der Waals surface area contributed by atoms with E-state index in [0.29, 0.717) is 18.9 Å². The maximum atomic E-state index is 11.0. The zero-order valence-electron chi connectivity index (χ0n) is 20.4. The third kappa shape index (κ3) is 7.66. The van der Waals surface area contributed by atoms with Crippen molar-refractivity contribution in [3.05, 3.63) is 70.3 Å². The Morgan fingerprint density at radius 3 is 2.48 bits per heavy atom. The fourth-order valence-corrected chi connectivity index (χ4v) is 4.95. The van der Waals surface area contributed by atoms with Gasteiger partial charge in [-0.3, -0.25) is 4.79 Å². The Bertz CT molecular complexity index is 914. The van der Waals surface area contributed by atoms with E-state index in [0.717, 1.165) is 36.0 Å². The first-order valence-electron chi connectivity index (χ1n) is 12.1. The number of hydrogen-bond acceptors (Lipinski definition) is 4. The summed E-state index contributed by atoms with van der Waals surface area (Å²) in [5.41, 5.74) is 5.97. The van der Waals surface area contributed by atoms with Crippen LogP contribution in [0.2, 0.25) is 0 Å². The molecule has 5 nitrogen and oxygen atoms in total. The van der Waals surface area contributed by atoms with Crippen molar-refractivity contribution < 1.29 is 19.7 Å². The molecule has 1 aliphatic carbocycles. The van der Waals surface area contributed by atoms with Crippen molar-refractivity contribution in [3.63, 3.8) is 0 Å². The summed E-state index contributed by atoms with van der Waals surface area (Å²) in [7, 11) is 0. The number of carbonyl (C=O) groups is 1. The fourth-order valence-electron chi connectivity index (χ4n) is 4.95. The maximum Gasteiger partial charge on any atom is 0.303 e. The van der Waals surface area contributed by atoms with Gasteiger partial charge >= 0.3 is 5.97 Å². The first-order valence-corrected chi connectivity index (χ1v) is 12.1. The molecule has 1 aliphatic rings. The second kappa shape index (κ2) is 11.3. The van der Waals surface area contributed by atoms with Crippen LogP contribution in [-0.2, 0) is 28.8 Å². The Morgan fingerprint density at radius 2 is 1.85 bits per heavy atom. The van der Waals surface area contributed by atoms with Crippen molar-refractivity contribution in [2.75, 3.05) is 13.2 Å². The molecule has 0 radical (unpaired) electrons. The number of nitrogens with one attached hydrogen (secondary N) is 1. The van der Waals surface area contributed by atoms with E-state index in [4.69, 9.17) is 9.84 Å². The third-order valence-corrected chi connectivity index (χ3v) is 6.64. The summed E-state index contributed by atoms with van der Waals surface area (Å²) in [4.78, 5) is 11.0. The minimum absolute atomic E-state index is 0.0696. The van der Waals surface area contributed by atoms with Crippen LogP contribution in [0.1, 0.15) is 67.5 Å². The molecule has 0 fully saturated rings. The Kier molecular flexibility index (Phi) is 8.69. The molecule has 2 atom stereocenters. The predicted molar refractivity (Wildman–Crippen MR) is 132 cm³/mol. The first kappa shape index (κ1) is 25.4. The topological polar surface area (TPSA) is 78.8 Å². The molecular weight excluding hydrogens is 414 g/mol. The van der Waals surface area contributed by atoms with Gasteiger partial charge in [-0.1, -0.05) is 48.0 Å². The number of aliphatic hydroxyl groups excluding tert-OH is 1. The van der Waals surface area contributed by atoms with Crippen LogP contribution in [0, 0.1) is 12.8 Å². The van der Waals surface area contributed by atoms with Gasteiger partial charge in [0, 0.05) is 18.5 Å². The van der Waals surface area contributed by atoms with Crippen LogP contribution in [0.25, 0.3) is 0 Å². The highest BCUT2D eigenvalue weighted by Crippen LogP contribution is 2.32. The fraction of sp³-hybridized carbons (Fsp3) is 0.536. The molecule has 0 aliphatic heterocycles. The molecule has 3 rings (SSSR count). The molecule has 5 heteroatoms. The molecule has 0 saturated carbocycles. The standard InChI is InChI=1S/C28H39NO4/c1-19-9-10-22(11-12-27(31)32)26(13-19)20(2)33-18-25(30)17-29-28(3,4)16-21-14-23-7-5-6-8-24(23)15-21/h5-10,13,20-21,25,29-30H,11-12,14-18H2,1-4H3,(H,31,32)/t20-,25+/m1/s1. The van der Waals surface area contributed by atoms with Crippen LogP contribution in [0.15, 0.2) is 42.5 Å². The number of ether oxygens (including phenoxy) is 1. The minimum atomic E-state index is -0.805. The van der Waals surface area contributed by atoms with Crippen LogP contribution >= 0.6 is 0 Å². The van der Waals surface area contributed by atoms with Crippen LogP contribution in [0.5, 0.6) is 0 Å². The number of benzene rings is 2. The summed E-state index contributed by atoms with van der Waals surface area (Å²) < 4.78 is 6.00. The van der Waals surface area contributed by atoms with Crippen molar-refractivity contribution >= 4 is 5.97 Å². The highest BCUT2D eigenvalue weighted by molar-refractivity contribution is 5.67. The molecule has 180 valence electrons. The normalized spacial score (nSPS) is 15.9. The molecule has 0 amide bonds. The SMILES string of the molecule is Cc1ccc(CCC(=O)O)c([C@@H](C)OC[C@@H](O)CNC(C)(C)CC2Cc3ccccc3C2)c1. The van der Waals surface area contributed by atoms with Gasteiger partial charge in [-0.25, -0.2) is 0 Å². The molecule has 33 heavy (non-hydrogen) atoms. The van der Waals surface area contributed by atoms with E-state index in [2.05, 4.69) is 49.5 Å². The van der Waals surface area contributed by atoms with Gasteiger partial charge in [-0.05, 0) is 81.5 Å². The molecule has 0 bridgehead atoms. The second-order valence-electron chi connectivity index (χ2n) is 10.2. The monoisotopic (exact) mass is 453 g/mol. The molecule has 3 N–H and O–H groups in total. The molecule has 0 unspecified atom stereocenters. The summed E-state index contributed by atoms with van der Waals surface area (Å²) in [6.07, 6.45) is 3.06. The highest BCUT2D eigenvalue weighted by Gasteiger charge is 2.28. The van der Waals surface area contributed by atoms with Gasteiger partial charge in [-0.2, -0.15) is 0 Å². The molecule has 0 aromatic heterocycles. The highest BCUT2D eigenvalue weighted by atomic mass is 16.5.